The van der Waals surface area contributed by atoms with Gasteiger partial charge >= 0.3 is 0 Å². The Balaban J connectivity index is 2.31. The third-order valence-corrected chi connectivity index (χ3v) is 3.25. The van der Waals surface area contributed by atoms with Crippen molar-refractivity contribution in [3.63, 3.8) is 0 Å². The molecule has 114 valence electrons. The summed E-state index contributed by atoms with van der Waals surface area (Å²) in [5.41, 5.74) is 8.68. The number of aromatic nitrogens is 2. The predicted octanol–water partition coefficient (Wildman–Crippen LogP) is 2.39. The number of benzene rings is 1. The molecule has 0 radical (unpaired) electrons. The number of hydrogen-bond donors (Lipinski definition) is 1. The Labute approximate surface area is 125 Å². The van der Waals surface area contributed by atoms with Gasteiger partial charge in [0.2, 0.25) is 0 Å². The largest absolute Gasteiger partial charge is 0.493 e. The lowest BCUT2D eigenvalue weighted by atomic mass is 10.1. The minimum absolute atomic E-state index is 0.601. The van der Waals surface area contributed by atoms with Crippen LogP contribution in [0, 0.1) is 0 Å². The lowest BCUT2D eigenvalue weighted by molar-refractivity contribution is 0.294. The molecule has 5 heteroatoms. The minimum Gasteiger partial charge on any atom is -0.493 e. The molecule has 0 amide bonds. The van der Waals surface area contributed by atoms with Crippen molar-refractivity contribution in [3.05, 3.63) is 30.0 Å². The van der Waals surface area contributed by atoms with Gasteiger partial charge < -0.3 is 15.2 Å². The van der Waals surface area contributed by atoms with Crippen LogP contribution in [-0.2, 0) is 13.5 Å². The minimum atomic E-state index is 0.601. The molecule has 5 nitrogen and oxygen atoms in total. The van der Waals surface area contributed by atoms with Crippen molar-refractivity contribution < 1.29 is 9.47 Å². The molecular weight excluding hydrogens is 266 g/mol. The summed E-state index contributed by atoms with van der Waals surface area (Å²) >= 11 is 0. The van der Waals surface area contributed by atoms with Gasteiger partial charge in [-0.15, -0.1) is 0 Å². The fraction of sp³-hybridized carbons (Fsp3) is 0.438. The van der Waals surface area contributed by atoms with Crippen molar-refractivity contribution in [1.29, 1.82) is 0 Å². The average Bonchev–Trinajstić information content (AvgIpc) is 2.86. The highest BCUT2D eigenvalue weighted by molar-refractivity contribution is 5.64. The van der Waals surface area contributed by atoms with E-state index in [0.29, 0.717) is 13.2 Å². The van der Waals surface area contributed by atoms with Crippen molar-refractivity contribution >= 4 is 0 Å². The standard InChI is InChI=1S/C16H23N3O2/c1-4-9-21-15-6-5-12(10-16(15)20-3)14-11-13(7-8-17)18-19(14)2/h5-6,10-11H,4,7-9,17H2,1-3H3. The topological polar surface area (TPSA) is 62.3 Å². The molecule has 0 unspecified atom stereocenters. The maximum absolute atomic E-state index is 5.68. The summed E-state index contributed by atoms with van der Waals surface area (Å²) in [6.07, 6.45) is 1.75. The molecule has 2 N–H and O–H groups in total. The van der Waals surface area contributed by atoms with Gasteiger partial charge in [-0.1, -0.05) is 6.92 Å². The third kappa shape index (κ3) is 3.55. The van der Waals surface area contributed by atoms with Gasteiger partial charge in [-0.3, -0.25) is 4.68 Å². The second-order valence-electron chi connectivity index (χ2n) is 4.90. The number of aryl methyl sites for hydroxylation is 1. The summed E-state index contributed by atoms with van der Waals surface area (Å²) in [6, 6.07) is 8.01. The van der Waals surface area contributed by atoms with Crippen LogP contribution >= 0.6 is 0 Å². The zero-order chi connectivity index (χ0) is 15.2. The van der Waals surface area contributed by atoms with E-state index in [1.807, 2.05) is 29.9 Å². The van der Waals surface area contributed by atoms with Crippen LogP contribution in [0.25, 0.3) is 11.3 Å². The van der Waals surface area contributed by atoms with Crippen molar-refractivity contribution in [3.8, 4) is 22.8 Å². The van der Waals surface area contributed by atoms with Gasteiger partial charge in [0.05, 0.1) is 25.1 Å². The summed E-state index contributed by atoms with van der Waals surface area (Å²) < 4.78 is 13.0. The second-order valence-corrected chi connectivity index (χ2v) is 4.90. The lowest BCUT2D eigenvalue weighted by Crippen LogP contribution is -2.03. The number of methoxy groups -OCH3 is 1. The summed E-state index contributed by atoms with van der Waals surface area (Å²) in [6.45, 7) is 3.36. The summed E-state index contributed by atoms with van der Waals surface area (Å²) in [4.78, 5) is 0. The Morgan fingerprint density at radius 3 is 2.71 bits per heavy atom. The van der Waals surface area contributed by atoms with Gasteiger partial charge in [-0.05, 0) is 37.2 Å². The van der Waals surface area contributed by atoms with E-state index in [9.17, 15) is 0 Å². The first-order chi connectivity index (χ1) is 10.2. The Hall–Kier alpha value is -2.01. The molecule has 1 aromatic heterocycles. The maximum Gasteiger partial charge on any atom is 0.161 e. The van der Waals surface area contributed by atoms with Gasteiger partial charge in [0, 0.05) is 19.0 Å². The molecule has 0 spiro atoms. The second kappa shape index (κ2) is 7.13. The Bertz CT molecular complexity index is 593. The zero-order valence-corrected chi connectivity index (χ0v) is 12.9. The fourth-order valence-corrected chi connectivity index (χ4v) is 2.23. The highest BCUT2D eigenvalue weighted by atomic mass is 16.5. The van der Waals surface area contributed by atoms with E-state index in [1.165, 1.54) is 0 Å². The molecular formula is C16H23N3O2. The fourth-order valence-electron chi connectivity index (χ4n) is 2.23. The van der Waals surface area contributed by atoms with Gasteiger partial charge in [0.25, 0.3) is 0 Å². The molecule has 0 fully saturated rings. The van der Waals surface area contributed by atoms with E-state index >= 15 is 0 Å². The van der Waals surface area contributed by atoms with E-state index in [4.69, 9.17) is 15.2 Å². The lowest BCUT2D eigenvalue weighted by Gasteiger charge is -2.11. The number of rotatable bonds is 7. The summed E-state index contributed by atoms with van der Waals surface area (Å²) in [5.74, 6) is 1.51. The van der Waals surface area contributed by atoms with Gasteiger partial charge in [0.1, 0.15) is 0 Å². The van der Waals surface area contributed by atoms with E-state index in [-0.39, 0.29) is 0 Å². The maximum atomic E-state index is 5.68. The molecule has 1 heterocycles. The third-order valence-electron chi connectivity index (χ3n) is 3.25. The normalized spacial score (nSPS) is 10.7. The van der Waals surface area contributed by atoms with Crippen LogP contribution in [0.4, 0.5) is 0 Å². The van der Waals surface area contributed by atoms with Crippen molar-refractivity contribution in [2.45, 2.75) is 19.8 Å². The molecule has 2 aromatic rings. The number of nitrogens with zero attached hydrogens (tertiary/aromatic N) is 2. The van der Waals surface area contributed by atoms with Crippen LogP contribution in [-0.4, -0.2) is 30.0 Å². The highest BCUT2D eigenvalue weighted by Crippen LogP contribution is 2.32. The van der Waals surface area contributed by atoms with E-state index in [2.05, 4.69) is 18.1 Å². The smallest absolute Gasteiger partial charge is 0.161 e. The predicted molar refractivity (Wildman–Crippen MR) is 83.7 cm³/mol. The molecule has 1 aromatic carbocycles. The number of ether oxygens (including phenoxy) is 2. The van der Waals surface area contributed by atoms with Gasteiger partial charge in [0.15, 0.2) is 11.5 Å². The van der Waals surface area contributed by atoms with E-state index < -0.39 is 0 Å². The van der Waals surface area contributed by atoms with Crippen LogP contribution in [0.15, 0.2) is 24.3 Å². The monoisotopic (exact) mass is 289 g/mol. The molecule has 0 saturated carbocycles. The summed E-state index contributed by atoms with van der Waals surface area (Å²) in [7, 11) is 3.59. The van der Waals surface area contributed by atoms with E-state index in [1.54, 1.807) is 7.11 Å². The first kappa shape index (κ1) is 15.4. The number of nitrogens with two attached hydrogens (primary N) is 1. The van der Waals surface area contributed by atoms with Crippen LogP contribution in [0.2, 0.25) is 0 Å². The Morgan fingerprint density at radius 1 is 1.24 bits per heavy atom. The van der Waals surface area contributed by atoms with Crippen molar-refractivity contribution in [2.24, 2.45) is 12.8 Å². The van der Waals surface area contributed by atoms with E-state index in [0.717, 1.165) is 41.3 Å². The van der Waals surface area contributed by atoms with Crippen LogP contribution in [0.3, 0.4) is 0 Å². The Kier molecular flexibility index (Phi) is 5.22. The molecule has 21 heavy (non-hydrogen) atoms. The van der Waals surface area contributed by atoms with Crippen LogP contribution < -0.4 is 15.2 Å². The molecule has 0 bridgehead atoms. The zero-order valence-electron chi connectivity index (χ0n) is 12.9. The quantitative estimate of drug-likeness (QED) is 0.850. The van der Waals surface area contributed by atoms with Crippen LogP contribution in [0.1, 0.15) is 19.0 Å². The Morgan fingerprint density at radius 2 is 2.05 bits per heavy atom. The summed E-state index contributed by atoms with van der Waals surface area (Å²) in [5, 5.41) is 4.47. The molecule has 0 aliphatic rings. The van der Waals surface area contributed by atoms with Gasteiger partial charge in [-0.2, -0.15) is 5.10 Å². The molecule has 0 atom stereocenters. The number of hydrogen-bond acceptors (Lipinski definition) is 4. The average molecular weight is 289 g/mol. The van der Waals surface area contributed by atoms with Crippen LogP contribution in [0.5, 0.6) is 11.5 Å². The molecule has 0 aliphatic carbocycles. The molecule has 0 aliphatic heterocycles. The molecule has 2 rings (SSSR count). The first-order valence-corrected chi connectivity index (χ1v) is 7.23. The highest BCUT2D eigenvalue weighted by Gasteiger charge is 2.11. The first-order valence-electron chi connectivity index (χ1n) is 7.23. The van der Waals surface area contributed by atoms with Crippen molar-refractivity contribution in [2.75, 3.05) is 20.3 Å². The SMILES string of the molecule is CCCOc1ccc(-c2cc(CCN)nn2C)cc1OC. The van der Waals surface area contributed by atoms with Gasteiger partial charge in [-0.25, -0.2) is 0 Å². The van der Waals surface area contributed by atoms with Crippen molar-refractivity contribution in [1.82, 2.24) is 9.78 Å². The molecule has 0 saturated heterocycles.